The van der Waals surface area contributed by atoms with Gasteiger partial charge in [-0.2, -0.15) is 0 Å². The molecule has 0 fully saturated rings. The molecule has 1 heterocycles. The van der Waals surface area contributed by atoms with Crippen LogP contribution in [0.1, 0.15) is 0 Å². The van der Waals surface area contributed by atoms with E-state index in [0.717, 1.165) is 27.5 Å². The maximum atomic E-state index is 12.9. The zero-order valence-corrected chi connectivity index (χ0v) is 13.5. The summed E-state index contributed by atoms with van der Waals surface area (Å²) >= 11 is 3.39. The zero-order valence-electron chi connectivity index (χ0n) is 11.1. The van der Waals surface area contributed by atoms with Gasteiger partial charge in [0, 0.05) is 9.86 Å². The number of para-hydroxylation sites is 1. The van der Waals surface area contributed by atoms with E-state index in [1.165, 1.54) is 18.3 Å². The van der Waals surface area contributed by atoms with Crippen LogP contribution in [-0.2, 0) is 10.0 Å². The minimum atomic E-state index is -3.78. The van der Waals surface area contributed by atoms with E-state index in [4.69, 9.17) is 0 Å². The molecule has 0 amide bonds. The van der Waals surface area contributed by atoms with E-state index < -0.39 is 15.8 Å². The first-order valence-corrected chi connectivity index (χ1v) is 8.56. The molecule has 112 valence electrons. The molecule has 0 spiro atoms. The second-order valence-electron chi connectivity index (χ2n) is 4.59. The largest absolute Gasteiger partial charge is 0.278 e. The van der Waals surface area contributed by atoms with Crippen LogP contribution in [0.5, 0.6) is 0 Å². The monoisotopic (exact) mass is 380 g/mol. The van der Waals surface area contributed by atoms with E-state index >= 15 is 0 Å². The fraction of sp³-hybridized carbons (Fsp3) is 0. The van der Waals surface area contributed by atoms with Gasteiger partial charge in [-0.15, -0.1) is 0 Å². The lowest BCUT2D eigenvalue weighted by Crippen LogP contribution is -2.13. The van der Waals surface area contributed by atoms with Crippen LogP contribution in [0.4, 0.5) is 10.1 Å². The van der Waals surface area contributed by atoms with Crippen molar-refractivity contribution in [2.24, 2.45) is 0 Å². The number of rotatable bonds is 3. The minimum Gasteiger partial charge on any atom is -0.278 e. The number of nitrogens with zero attached hydrogens (tertiary/aromatic N) is 1. The normalized spacial score (nSPS) is 11.5. The second-order valence-corrected chi connectivity index (χ2v) is 7.13. The third-order valence-corrected chi connectivity index (χ3v) is 5.07. The maximum Gasteiger partial charge on any atom is 0.261 e. The molecule has 1 N–H and O–H groups in total. The number of nitrogens with one attached hydrogen (secondary N) is 1. The Morgan fingerprint density at radius 2 is 1.82 bits per heavy atom. The van der Waals surface area contributed by atoms with Crippen LogP contribution in [0, 0.1) is 5.82 Å². The summed E-state index contributed by atoms with van der Waals surface area (Å²) in [4.78, 5) is 4.23. The van der Waals surface area contributed by atoms with Gasteiger partial charge >= 0.3 is 0 Å². The molecule has 1 aromatic heterocycles. The molecule has 0 aliphatic carbocycles. The van der Waals surface area contributed by atoms with E-state index in [2.05, 4.69) is 25.6 Å². The topological polar surface area (TPSA) is 59.1 Å². The number of anilines is 1. The van der Waals surface area contributed by atoms with Crippen molar-refractivity contribution in [2.75, 3.05) is 4.72 Å². The van der Waals surface area contributed by atoms with Gasteiger partial charge in [0.1, 0.15) is 5.82 Å². The third kappa shape index (κ3) is 2.95. The van der Waals surface area contributed by atoms with Crippen molar-refractivity contribution in [3.63, 3.8) is 0 Å². The molecule has 0 atom stereocenters. The van der Waals surface area contributed by atoms with Gasteiger partial charge in [-0.1, -0.05) is 12.1 Å². The average molecular weight is 381 g/mol. The Balaban J connectivity index is 1.97. The summed E-state index contributed by atoms with van der Waals surface area (Å²) in [7, 11) is -3.78. The third-order valence-electron chi connectivity index (χ3n) is 3.04. The predicted octanol–water partition coefficient (Wildman–Crippen LogP) is 3.94. The van der Waals surface area contributed by atoms with Crippen LogP contribution in [-0.4, -0.2) is 13.4 Å². The number of pyridine rings is 1. The summed E-state index contributed by atoms with van der Waals surface area (Å²) in [5.74, 6) is -0.490. The van der Waals surface area contributed by atoms with Crippen molar-refractivity contribution in [2.45, 2.75) is 4.90 Å². The van der Waals surface area contributed by atoms with Crippen molar-refractivity contribution in [1.82, 2.24) is 4.98 Å². The highest BCUT2D eigenvalue weighted by Crippen LogP contribution is 2.25. The molecule has 0 aliphatic rings. The Bertz CT molecular complexity index is 943. The molecule has 0 saturated carbocycles. The molecule has 3 rings (SSSR count). The van der Waals surface area contributed by atoms with Crippen molar-refractivity contribution in [3.8, 4) is 0 Å². The summed E-state index contributed by atoms with van der Waals surface area (Å²) in [6, 6.07) is 11.8. The highest BCUT2D eigenvalue weighted by molar-refractivity contribution is 9.10. The van der Waals surface area contributed by atoms with Crippen LogP contribution >= 0.6 is 15.9 Å². The van der Waals surface area contributed by atoms with Gasteiger partial charge in [-0.05, 0) is 52.3 Å². The molecule has 3 aromatic rings. The molecule has 0 saturated heterocycles. The smallest absolute Gasteiger partial charge is 0.261 e. The van der Waals surface area contributed by atoms with Gasteiger partial charge < -0.3 is 0 Å². The zero-order chi connectivity index (χ0) is 15.7. The summed E-state index contributed by atoms with van der Waals surface area (Å²) < 4.78 is 40.6. The van der Waals surface area contributed by atoms with Crippen LogP contribution in [0.2, 0.25) is 0 Å². The Morgan fingerprint density at radius 3 is 2.55 bits per heavy atom. The molecule has 7 heteroatoms. The molecule has 0 aliphatic heterocycles. The number of aromatic nitrogens is 1. The van der Waals surface area contributed by atoms with Gasteiger partial charge in [0.2, 0.25) is 0 Å². The summed E-state index contributed by atoms with van der Waals surface area (Å²) in [5.41, 5.74) is 1.09. The van der Waals surface area contributed by atoms with Crippen molar-refractivity contribution in [3.05, 3.63) is 65.0 Å². The van der Waals surface area contributed by atoms with E-state index in [0.29, 0.717) is 5.69 Å². The van der Waals surface area contributed by atoms with Crippen molar-refractivity contribution in [1.29, 1.82) is 0 Å². The van der Waals surface area contributed by atoms with Gasteiger partial charge in [0.25, 0.3) is 10.0 Å². The quantitative estimate of drug-likeness (QED) is 0.748. The Hall–Kier alpha value is -1.99. The summed E-state index contributed by atoms with van der Waals surface area (Å²) in [6.07, 6.45) is 1.44. The second kappa shape index (κ2) is 5.66. The van der Waals surface area contributed by atoms with Crippen LogP contribution in [0.3, 0.4) is 0 Å². The first-order valence-electron chi connectivity index (χ1n) is 6.28. The van der Waals surface area contributed by atoms with Gasteiger partial charge in [0.15, 0.2) is 0 Å². The standard InChI is InChI=1S/C15H10BrFN2O2S/c16-14-3-1-2-10-8-12(9-18-15(10)14)19-22(20,21)13-6-4-11(17)5-7-13/h1-9,19H. The molecule has 0 unspecified atom stereocenters. The number of sulfonamides is 1. The van der Waals surface area contributed by atoms with E-state index in [1.807, 2.05) is 18.2 Å². The Morgan fingerprint density at radius 1 is 1.09 bits per heavy atom. The first kappa shape index (κ1) is 14.9. The molecular weight excluding hydrogens is 371 g/mol. The lowest BCUT2D eigenvalue weighted by Gasteiger charge is -2.09. The highest BCUT2D eigenvalue weighted by Gasteiger charge is 2.14. The maximum absolute atomic E-state index is 12.9. The number of hydrogen-bond acceptors (Lipinski definition) is 3. The number of halogens is 2. The fourth-order valence-electron chi connectivity index (χ4n) is 2.01. The molecule has 2 aromatic carbocycles. The van der Waals surface area contributed by atoms with E-state index in [9.17, 15) is 12.8 Å². The van der Waals surface area contributed by atoms with Crippen LogP contribution in [0.25, 0.3) is 10.9 Å². The van der Waals surface area contributed by atoms with Crippen molar-refractivity contribution < 1.29 is 12.8 Å². The number of fused-ring (bicyclic) bond motifs is 1. The fourth-order valence-corrected chi connectivity index (χ4v) is 3.53. The summed E-state index contributed by atoms with van der Waals surface area (Å²) in [5, 5.41) is 0.800. The molecule has 0 radical (unpaired) electrons. The van der Waals surface area contributed by atoms with Crippen LogP contribution < -0.4 is 4.72 Å². The lowest BCUT2D eigenvalue weighted by atomic mass is 10.2. The van der Waals surface area contributed by atoms with Gasteiger partial charge in [-0.3, -0.25) is 9.71 Å². The van der Waals surface area contributed by atoms with E-state index in [-0.39, 0.29) is 4.90 Å². The average Bonchev–Trinajstić information content (AvgIpc) is 2.47. The Labute approximate surface area is 135 Å². The predicted molar refractivity (Wildman–Crippen MR) is 86.7 cm³/mol. The number of hydrogen-bond donors (Lipinski definition) is 1. The van der Waals surface area contributed by atoms with Crippen molar-refractivity contribution >= 4 is 42.5 Å². The Kier molecular flexibility index (Phi) is 3.84. The lowest BCUT2D eigenvalue weighted by molar-refractivity contribution is 0.599. The van der Waals surface area contributed by atoms with Gasteiger partial charge in [-0.25, -0.2) is 12.8 Å². The molecule has 0 bridgehead atoms. The molecular formula is C15H10BrFN2O2S. The summed E-state index contributed by atoms with van der Waals surface area (Å²) in [6.45, 7) is 0. The highest BCUT2D eigenvalue weighted by atomic mass is 79.9. The minimum absolute atomic E-state index is 0.0109. The first-order chi connectivity index (χ1) is 10.5. The van der Waals surface area contributed by atoms with Gasteiger partial charge in [0.05, 0.1) is 22.3 Å². The van der Waals surface area contributed by atoms with E-state index in [1.54, 1.807) is 6.07 Å². The molecule has 4 nitrogen and oxygen atoms in total. The SMILES string of the molecule is O=S(=O)(Nc1cnc2c(Br)cccc2c1)c1ccc(F)cc1. The van der Waals surface area contributed by atoms with Crippen LogP contribution in [0.15, 0.2) is 64.1 Å². The number of benzene rings is 2. The molecule has 22 heavy (non-hydrogen) atoms.